The predicted molar refractivity (Wildman–Crippen MR) is 106 cm³/mol. The van der Waals surface area contributed by atoms with E-state index in [2.05, 4.69) is 4.72 Å². The van der Waals surface area contributed by atoms with Crippen LogP contribution in [0.2, 0.25) is 0 Å². The molecule has 1 amide bonds. The molecule has 1 heterocycles. The molecule has 1 fully saturated rings. The lowest BCUT2D eigenvalue weighted by molar-refractivity contribution is 0.0401. The van der Waals surface area contributed by atoms with Crippen molar-refractivity contribution in [1.82, 2.24) is 9.80 Å². The fourth-order valence-electron chi connectivity index (χ4n) is 3.64. The smallest absolute Gasteiger partial charge is 0.254 e. The minimum Gasteiger partial charge on any atom is -0.755 e. The maximum absolute atomic E-state index is 14.2. The SMILES string of the molecule is CC(c1ccc(F)c(F)c1F)N1CCN(C(=O)c2ccc(NS(=O)[O-])cc2)[C@H](C)C1. The van der Waals surface area contributed by atoms with E-state index < -0.39 is 34.8 Å². The van der Waals surface area contributed by atoms with Gasteiger partial charge in [0.1, 0.15) is 0 Å². The number of benzene rings is 2. The van der Waals surface area contributed by atoms with E-state index in [1.807, 2.05) is 11.8 Å². The van der Waals surface area contributed by atoms with E-state index in [-0.39, 0.29) is 17.5 Å². The first-order chi connectivity index (χ1) is 14.2. The van der Waals surface area contributed by atoms with Crippen LogP contribution in [0, 0.1) is 17.5 Å². The number of nitrogens with one attached hydrogen (secondary N) is 1. The lowest BCUT2D eigenvalue weighted by Crippen LogP contribution is -2.54. The number of amides is 1. The van der Waals surface area contributed by atoms with E-state index in [4.69, 9.17) is 0 Å². The molecule has 0 bridgehead atoms. The third kappa shape index (κ3) is 4.66. The molecule has 3 atom stereocenters. The summed E-state index contributed by atoms with van der Waals surface area (Å²) >= 11 is -2.44. The van der Waals surface area contributed by atoms with E-state index >= 15 is 0 Å². The number of carbonyl (C=O) groups excluding carboxylic acids is 1. The molecule has 0 spiro atoms. The van der Waals surface area contributed by atoms with Crippen LogP contribution in [0.3, 0.4) is 0 Å². The van der Waals surface area contributed by atoms with Gasteiger partial charge < -0.3 is 14.2 Å². The zero-order chi connectivity index (χ0) is 22.0. The first-order valence-electron chi connectivity index (χ1n) is 9.33. The van der Waals surface area contributed by atoms with Crippen molar-refractivity contribution in [2.45, 2.75) is 25.9 Å². The van der Waals surface area contributed by atoms with Gasteiger partial charge in [-0.15, -0.1) is 0 Å². The van der Waals surface area contributed by atoms with Crippen molar-refractivity contribution in [2.24, 2.45) is 0 Å². The molecule has 6 nitrogen and oxygen atoms in total. The zero-order valence-corrected chi connectivity index (χ0v) is 17.2. The average Bonchev–Trinajstić information content (AvgIpc) is 2.71. The average molecular weight is 440 g/mol. The van der Waals surface area contributed by atoms with Gasteiger partial charge in [-0.3, -0.25) is 13.9 Å². The Morgan fingerprint density at radius 1 is 1.13 bits per heavy atom. The fraction of sp³-hybridized carbons (Fsp3) is 0.350. The van der Waals surface area contributed by atoms with Gasteiger partial charge in [0.25, 0.3) is 5.91 Å². The molecule has 1 aliphatic rings. The number of hydrogen-bond donors (Lipinski definition) is 1. The molecule has 0 radical (unpaired) electrons. The van der Waals surface area contributed by atoms with E-state index in [1.54, 1.807) is 11.8 Å². The van der Waals surface area contributed by atoms with Gasteiger partial charge in [-0.1, -0.05) is 6.07 Å². The quantitative estimate of drug-likeness (QED) is 0.572. The number of anilines is 1. The van der Waals surface area contributed by atoms with Crippen LogP contribution in [0.4, 0.5) is 18.9 Å². The van der Waals surface area contributed by atoms with Gasteiger partial charge in [-0.2, -0.15) is 0 Å². The first-order valence-corrected chi connectivity index (χ1v) is 10.4. The van der Waals surface area contributed by atoms with Crippen LogP contribution in [0.15, 0.2) is 36.4 Å². The summed E-state index contributed by atoms with van der Waals surface area (Å²) < 4.78 is 64.5. The van der Waals surface area contributed by atoms with Gasteiger partial charge in [-0.05, 0) is 44.2 Å². The zero-order valence-electron chi connectivity index (χ0n) is 16.4. The van der Waals surface area contributed by atoms with Crippen LogP contribution in [-0.2, 0) is 11.3 Å². The molecule has 2 aromatic rings. The third-order valence-corrected chi connectivity index (χ3v) is 5.72. The molecular weight excluding hydrogens is 419 g/mol. The van der Waals surface area contributed by atoms with E-state index in [1.165, 1.54) is 30.3 Å². The predicted octanol–water partition coefficient (Wildman–Crippen LogP) is 3.22. The number of hydrogen-bond acceptors (Lipinski definition) is 4. The molecule has 1 aliphatic heterocycles. The molecular formula is C20H21F3N3O3S-. The number of nitrogens with zero attached hydrogens (tertiary/aromatic N) is 2. The van der Waals surface area contributed by atoms with Gasteiger partial charge in [-0.25, -0.2) is 13.2 Å². The number of piperazine rings is 1. The monoisotopic (exact) mass is 440 g/mol. The summed E-state index contributed by atoms with van der Waals surface area (Å²) in [4.78, 5) is 16.4. The van der Waals surface area contributed by atoms with E-state index in [0.717, 1.165) is 6.07 Å². The largest absolute Gasteiger partial charge is 0.755 e. The van der Waals surface area contributed by atoms with Crippen molar-refractivity contribution in [3.8, 4) is 0 Å². The van der Waals surface area contributed by atoms with Gasteiger partial charge >= 0.3 is 0 Å². The molecule has 0 aromatic heterocycles. The van der Waals surface area contributed by atoms with Crippen LogP contribution in [-0.4, -0.2) is 50.1 Å². The summed E-state index contributed by atoms with van der Waals surface area (Å²) in [5, 5.41) is 0. The fourth-order valence-corrected chi connectivity index (χ4v) is 3.97. The summed E-state index contributed by atoms with van der Waals surface area (Å²) in [6.45, 7) is 4.81. The van der Waals surface area contributed by atoms with Crippen LogP contribution >= 0.6 is 0 Å². The summed E-state index contributed by atoms with van der Waals surface area (Å²) in [6.07, 6.45) is 0. The Morgan fingerprint density at radius 2 is 1.80 bits per heavy atom. The van der Waals surface area contributed by atoms with Crippen LogP contribution in [0.25, 0.3) is 0 Å². The minimum atomic E-state index is -2.44. The normalized spacial score (nSPS) is 19.4. The second-order valence-corrected chi connectivity index (χ2v) is 7.87. The lowest BCUT2D eigenvalue weighted by atomic mass is 10.0. The molecule has 0 saturated carbocycles. The summed E-state index contributed by atoms with van der Waals surface area (Å²) in [7, 11) is 0. The number of halogens is 3. The standard InChI is InChI=1S/C20H22F3N3O3S/c1-12-11-25(13(2)16-7-8-17(21)19(23)18(16)22)9-10-26(12)20(27)14-3-5-15(6-4-14)24-30(28)29/h3-8,12-13,24H,9-11H2,1-2H3,(H,28,29)/p-1/t12-,13?/m1/s1. The van der Waals surface area contributed by atoms with Crippen LogP contribution in [0.1, 0.15) is 35.8 Å². The van der Waals surface area contributed by atoms with Gasteiger partial charge in [0.15, 0.2) is 17.5 Å². The van der Waals surface area contributed by atoms with Gasteiger partial charge in [0, 0.05) is 59.8 Å². The molecule has 1 N–H and O–H groups in total. The van der Waals surface area contributed by atoms with Gasteiger partial charge in [0.05, 0.1) is 0 Å². The molecule has 2 aromatic carbocycles. The maximum Gasteiger partial charge on any atom is 0.254 e. The highest BCUT2D eigenvalue weighted by Crippen LogP contribution is 2.28. The van der Waals surface area contributed by atoms with Crippen LogP contribution in [0.5, 0.6) is 0 Å². The van der Waals surface area contributed by atoms with Crippen molar-refractivity contribution in [2.75, 3.05) is 24.4 Å². The number of rotatable bonds is 5. The van der Waals surface area contributed by atoms with Crippen LogP contribution < -0.4 is 4.72 Å². The highest BCUT2D eigenvalue weighted by atomic mass is 32.2. The third-order valence-electron chi connectivity index (χ3n) is 5.32. The Bertz CT molecular complexity index is 958. The Morgan fingerprint density at radius 3 is 2.40 bits per heavy atom. The molecule has 3 rings (SSSR count). The molecule has 162 valence electrons. The number of carbonyl (C=O) groups is 1. The molecule has 30 heavy (non-hydrogen) atoms. The summed E-state index contributed by atoms with van der Waals surface area (Å²) in [5.41, 5.74) is 0.831. The second kappa shape index (κ2) is 9.15. The van der Waals surface area contributed by atoms with Crippen molar-refractivity contribution in [3.63, 3.8) is 0 Å². The molecule has 2 unspecified atom stereocenters. The molecule has 0 aliphatic carbocycles. The highest BCUT2D eigenvalue weighted by molar-refractivity contribution is 7.80. The lowest BCUT2D eigenvalue weighted by Gasteiger charge is -2.42. The Balaban J connectivity index is 1.68. The second-order valence-electron chi connectivity index (χ2n) is 7.20. The van der Waals surface area contributed by atoms with E-state index in [9.17, 15) is 26.7 Å². The van der Waals surface area contributed by atoms with Crippen molar-refractivity contribution < 1.29 is 26.7 Å². The van der Waals surface area contributed by atoms with Crippen molar-refractivity contribution in [1.29, 1.82) is 0 Å². The minimum absolute atomic E-state index is 0.0692. The van der Waals surface area contributed by atoms with Crippen molar-refractivity contribution >= 4 is 22.9 Å². The van der Waals surface area contributed by atoms with E-state index in [0.29, 0.717) is 30.9 Å². The highest BCUT2D eigenvalue weighted by Gasteiger charge is 2.32. The topological polar surface area (TPSA) is 75.7 Å². The Labute approximate surface area is 175 Å². The Kier molecular flexibility index (Phi) is 6.79. The van der Waals surface area contributed by atoms with Crippen molar-refractivity contribution in [3.05, 3.63) is 65.0 Å². The first kappa shape index (κ1) is 22.3. The summed E-state index contributed by atoms with van der Waals surface area (Å²) in [6, 6.07) is 7.54. The summed E-state index contributed by atoms with van der Waals surface area (Å²) in [5.74, 6) is -4.11. The molecule has 10 heteroatoms. The Hall–Kier alpha value is -2.43. The van der Waals surface area contributed by atoms with Gasteiger partial charge in [0.2, 0.25) is 0 Å². The molecule has 1 saturated heterocycles. The maximum atomic E-state index is 14.2.